The highest BCUT2D eigenvalue weighted by atomic mass is 16.5. The molecule has 4 heteroatoms. The summed E-state index contributed by atoms with van der Waals surface area (Å²) in [7, 11) is 0. The van der Waals surface area contributed by atoms with Crippen LogP contribution in [0.4, 0.5) is 5.69 Å². The molecule has 0 saturated heterocycles. The highest BCUT2D eigenvalue weighted by molar-refractivity contribution is 5.92. The number of para-hydroxylation sites is 1. The predicted molar refractivity (Wildman–Crippen MR) is 107 cm³/mol. The first-order valence-corrected chi connectivity index (χ1v) is 8.96. The molecule has 4 nitrogen and oxygen atoms in total. The quantitative estimate of drug-likeness (QED) is 0.636. The van der Waals surface area contributed by atoms with Gasteiger partial charge in [0.25, 0.3) is 5.91 Å². The van der Waals surface area contributed by atoms with Gasteiger partial charge in [-0.05, 0) is 36.2 Å². The molecule has 3 aromatic rings. The Labute approximate surface area is 159 Å². The number of nitrogens with one attached hydrogen (secondary N) is 1. The van der Waals surface area contributed by atoms with Gasteiger partial charge in [0.1, 0.15) is 11.5 Å². The minimum Gasteiger partial charge on any atom is -0.493 e. The number of benzene rings is 3. The number of amides is 1. The summed E-state index contributed by atoms with van der Waals surface area (Å²) in [6, 6.07) is 25.2. The minimum atomic E-state index is -0.209. The highest BCUT2D eigenvalue weighted by Crippen LogP contribution is 2.19. The molecular weight excluding hydrogens is 338 g/mol. The molecule has 0 spiro atoms. The molecule has 0 bridgehead atoms. The average molecular weight is 361 g/mol. The third-order valence-corrected chi connectivity index (χ3v) is 4.07. The second-order valence-corrected chi connectivity index (χ2v) is 6.21. The van der Waals surface area contributed by atoms with Crippen molar-refractivity contribution in [3.05, 3.63) is 90.0 Å². The second-order valence-electron chi connectivity index (χ2n) is 6.21. The fraction of sp³-hybridized carbons (Fsp3) is 0.174. The Morgan fingerprint density at radius 1 is 0.889 bits per heavy atom. The van der Waals surface area contributed by atoms with Gasteiger partial charge in [-0.2, -0.15) is 0 Å². The van der Waals surface area contributed by atoms with Crippen LogP contribution in [-0.2, 0) is 11.2 Å². The van der Waals surface area contributed by atoms with Crippen LogP contribution in [0.3, 0.4) is 0 Å². The Bertz CT molecular complexity index is 878. The number of ether oxygens (including phenoxy) is 2. The van der Waals surface area contributed by atoms with Gasteiger partial charge in [-0.15, -0.1) is 0 Å². The number of carbonyl (C=O) groups excluding carboxylic acids is 1. The summed E-state index contributed by atoms with van der Waals surface area (Å²) in [5.74, 6) is 1.23. The monoisotopic (exact) mass is 361 g/mol. The SMILES string of the molecule is Cc1ccccc1OCC(=O)Nc1cccc(OCCc2ccccc2)c1. The maximum Gasteiger partial charge on any atom is 0.262 e. The molecule has 0 heterocycles. The number of hydrogen-bond donors (Lipinski definition) is 1. The van der Waals surface area contributed by atoms with Crippen molar-refractivity contribution in [2.45, 2.75) is 13.3 Å². The van der Waals surface area contributed by atoms with Crippen LogP contribution < -0.4 is 14.8 Å². The molecule has 3 rings (SSSR count). The van der Waals surface area contributed by atoms with Crippen molar-refractivity contribution in [2.24, 2.45) is 0 Å². The summed E-state index contributed by atoms with van der Waals surface area (Å²) in [5.41, 5.74) is 2.92. The molecule has 0 aliphatic heterocycles. The van der Waals surface area contributed by atoms with E-state index in [1.54, 1.807) is 0 Å². The summed E-state index contributed by atoms with van der Waals surface area (Å²) < 4.78 is 11.4. The molecule has 0 aliphatic carbocycles. The fourth-order valence-corrected chi connectivity index (χ4v) is 2.65. The maximum atomic E-state index is 12.1. The second kappa shape index (κ2) is 9.43. The van der Waals surface area contributed by atoms with Crippen molar-refractivity contribution in [3.63, 3.8) is 0 Å². The third kappa shape index (κ3) is 5.89. The van der Waals surface area contributed by atoms with Gasteiger partial charge in [0.15, 0.2) is 6.61 Å². The number of anilines is 1. The molecule has 0 atom stereocenters. The number of rotatable bonds is 8. The van der Waals surface area contributed by atoms with Gasteiger partial charge in [-0.1, -0.05) is 54.6 Å². The molecule has 27 heavy (non-hydrogen) atoms. The van der Waals surface area contributed by atoms with Crippen LogP contribution in [-0.4, -0.2) is 19.1 Å². The van der Waals surface area contributed by atoms with Gasteiger partial charge < -0.3 is 14.8 Å². The lowest BCUT2D eigenvalue weighted by molar-refractivity contribution is -0.118. The van der Waals surface area contributed by atoms with E-state index >= 15 is 0 Å². The van der Waals surface area contributed by atoms with E-state index in [9.17, 15) is 4.79 Å². The van der Waals surface area contributed by atoms with Crippen molar-refractivity contribution >= 4 is 11.6 Å². The number of hydrogen-bond acceptors (Lipinski definition) is 3. The molecule has 0 aromatic heterocycles. The Balaban J connectivity index is 1.48. The molecule has 0 unspecified atom stereocenters. The van der Waals surface area contributed by atoms with Gasteiger partial charge in [-0.3, -0.25) is 4.79 Å². The Hall–Kier alpha value is -3.27. The first kappa shape index (κ1) is 18.5. The zero-order chi connectivity index (χ0) is 18.9. The van der Waals surface area contributed by atoms with Crippen LogP contribution in [0.5, 0.6) is 11.5 Å². The van der Waals surface area contributed by atoms with Crippen molar-refractivity contribution in [2.75, 3.05) is 18.5 Å². The van der Waals surface area contributed by atoms with E-state index in [-0.39, 0.29) is 12.5 Å². The Morgan fingerprint density at radius 2 is 1.67 bits per heavy atom. The summed E-state index contributed by atoms with van der Waals surface area (Å²) >= 11 is 0. The van der Waals surface area contributed by atoms with Gasteiger partial charge in [-0.25, -0.2) is 0 Å². The highest BCUT2D eigenvalue weighted by Gasteiger charge is 2.06. The predicted octanol–water partition coefficient (Wildman–Crippen LogP) is 4.63. The van der Waals surface area contributed by atoms with Crippen LogP contribution >= 0.6 is 0 Å². The van der Waals surface area contributed by atoms with Gasteiger partial charge in [0, 0.05) is 18.2 Å². The van der Waals surface area contributed by atoms with Gasteiger partial charge in [0.05, 0.1) is 6.61 Å². The lowest BCUT2D eigenvalue weighted by Crippen LogP contribution is -2.20. The maximum absolute atomic E-state index is 12.1. The molecule has 138 valence electrons. The van der Waals surface area contributed by atoms with Crippen molar-refractivity contribution < 1.29 is 14.3 Å². The zero-order valence-electron chi connectivity index (χ0n) is 15.4. The summed E-state index contributed by atoms with van der Waals surface area (Å²) in [6.45, 7) is 2.49. The normalized spacial score (nSPS) is 10.3. The zero-order valence-corrected chi connectivity index (χ0v) is 15.4. The van der Waals surface area contributed by atoms with Crippen molar-refractivity contribution in [1.29, 1.82) is 0 Å². The first-order valence-electron chi connectivity index (χ1n) is 8.96. The fourth-order valence-electron chi connectivity index (χ4n) is 2.65. The summed E-state index contributed by atoms with van der Waals surface area (Å²) in [6.07, 6.45) is 0.835. The van der Waals surface area contributed by atoms with Gasteiger partial charge >= 0.3 is 0 Å². The first-order chi connectivity index (χ1) is 13.2. The van der Waals surface area contributed by atoms with Crippen LogP contribution in [0.2, 0.25) is 0 Å². The van der Waals surface area contributed by atoms with E-state index in [4.69, 9.17) is 9.47 Å². The Morgan fingerprint density at radius 3 is 2.48 bits per heavy atom. The topological polar surface area (TPSA) is 47.6 Å². The van der Waals surface area contributed by atoms with Crippen LogP contribution in [0.25, 0.3) is 0 Å². The average Bonchev–Trinajstić information content (AvgIpc) is 2.68. The summed E-state index contributed by atoms with van der Waals surface area (Å²) in [4.78, 5) is 12.1. The van der Waals surface area contributed by atoms with E-state index in [0.29, 0.717) is 18.0 Å². The van der Waals surface area contributed by atoms with E-state index in [0.717, 1.165) is 17.7 Å². The molecule has 1 N–H and O–H groups in total. The lowest BCUT2D eigenvalue weighted by Gasteiger charge is -2.11. The molecule has 3 aromatic carbocycles. The Kier molecular flexibility index (Phi) is 6.47. The standard InChI is InChI=1S/C23H23NO3/c1-18-8-5-6-13-22(18)27-17-23(25)24-20-11-7-12-21(16-20)26-15-14-19-9-3-2-4-10-19/h2-13,16H,14-15,17H2,1H3,(H,24,25). The minimum absolute atomic E-state index is 0.0378. The molecular formula is C23H23NO3. The van der Waals surface area contributed by atoms with Crippen LogP contribution in [0.1, 0.15) is 11.1 Å². The van der Waals surface area contributed by atoms with E-state index in [1.165, 1.54) is 5.56 Å². The van der Waals surface area contributed by atoms with E-state index in [1.807, 2.05) is 73.7 Å². The van der Waals surface area contributed by atoms with Crippen LogP contribution in [0.15, 0.2) is 78.9 Å². The smallest absolute Gasteiger partial charge is 0.262 e. The van der Waals surface area contributed by atoms with Gasteiger partial charge in [0.2, 0.25) is 0 Å². The summed E-state index contributed by atoms with van der Waals surface area (Å²) in [5, 5.41) is 2.84. The number of carbonyl (C=O) groups is 1. The van der Waals surface area contributed by atoms with E-state index in [2.05, 4.69) is 17.4 Å². The van der Waals surface area contributed by atoms with Crippen molar-refractivity contribution in [1.82, 2.24) is 0 Å². The molecule has 0 radical (unpaired) electrons. The number of aryl methyl sites for hydroxylation is 1. The molecule has 0 aliphatic rings. The van der Waals surface area contributed by atoms with E-state index < -0.39 is 0 Å². The molecule has 0 saturated carbocycles. The van der Waals surface area contributed by atoms with Crippen LogP contribution in [0, 0.1) is 6.92 Å². The lowest BCUT2D eigenvalue weighted by atomic mass is 10.2. The third-order valence-electron chi connectivity index (χ3n) is 4.07. The molecule has 1 amide bonds. The molecule has 0 fully saturated rings. The largest absolute Gasteiger partial charge is 0.493 e. The van der Waals surface area contributed by atoms with Crippen molar-refractivity contribution in [3.8, 4) is 11.5 Å².